The zero-order valence-corrected chi connectivity index (χ0v) is 8.16. The van der Waals surface area contributed by atoms with Gasteiger partial charge in [-0.3, -0.25) is 4.79 Å². The van der Waals surface area contributed by atoms with Crippen LogP contribution in [0.15, 0.2) is 24.3 Å². The summed E-state index contributed by atoms with van der Waals surface area (Å²) in [4.78, 5) is 10.7. The summed E-state index contributed by atoms with van der Waals surface area (Å²) < 4.78 is 0. The summed E-state index contributed by atoms with van der Waals surface area (Å²) in [5.74, 6) is 0. The van der Waals surface area contributed by atoms with Crippen molar-refractivity contribution in [2.75, 3.05) is 0 Å². The second-order valence-electron chi connectivity index (χ2n) is 2.63. The molecule has 0 amide bonds. The zero-order chi connectivity index (χ0) is 10.4. The minimum atomic E-state index is 0.324. The molecule has 1 aromatic carbocycles. The van der Waals surface area contributed by atoms with E-state index in [1.54, 1.807) is 30.4 Å². The maximum absolute atomic E-state index is 10.7. The Morgan fingerprint density at radius 1 is 1.50 bits per heavy atom. The van der Waals surface area contributed by atoms with Crippen LogP contribution in [0, 0.1) is 11.3 Å². The van der Waals surface area contributed by atoms with Crippen LogP contribution in [-0.2, 0) is 0 Å². The molecule has 0 aromatic heterocycles. The van der Waals surface area contributed by atoms with Gasteiger partial charge < -0.3 is 0 Å². The number of allylic oxidation sites excluding steroid dienone is 1. The van der Waals surface area contributed by atoms with Gasteiger partial charge in [0.15, 0.2) is 6.29 Å². The number of hydrogen-bond donors (Lipinski definition) is 0. The van der Waals surface area contributed by atoms with Gasteiger partial charge in [0.25, 0.3) is 0 Å². The van der Waals surface area contributed by atoms with Crippen LogP contribution in [0.2, 0.25) is 5.02 Å². The van der Waals surface area contributed by atoms with E-state index in [9.17, 15) is 4.79 Å². The molecule has 0 radical (unpaired) electrons. The highest BCUT2D eigenvalue weighted by atomic mass is 35.5. The Morgan fingerprint density at radius 2 is 2.29 bits per heavy atom. The fraction of sp³-hybridized carbons (Fsp3) is 0.0909. The molecule has 0 aliphatic heterocycles. The topological polar surface area (TPSA) is 40.9 Å². The molecule has 1 rings (SSSR count). The molecule has 0 saturated heterocycles. The quantitative estimate of drug-likeness (QED) is 0.712. The third-order valence-corrected chi connectivity index (χ3v) is 2.04. The first-order chi connectivity index (χ1) is 6.79. The average molecular weight is 206 g/mol. The normalized spacial score (nSPS) is 10.0. The zero-order valence-electron chi connectivity index (χ0n) is 7.40. The van der Waals surface area contributed by atoms with Crippen molar-refractivity contribution >= 4 is 24.0 Å². The van der Waals surface area contributed by atoms with Crippen molar-refractivity contribution in [3.63, 3.8) is 0 Å². The molecule has 1 aromatic rings. The number of aldehydes is 1. The average Bonchev–Trinajstić information content (AvgIpc) is 2.18. The van der Waals surface area contributed by atoms with Crippen molar-refractivity contribution in [2.24, 2.45) is 0 Å². The highest BCUT2D eigenvalue weighted by molar-refractivity contribution is 6.33. The van der Waals surface area contributed by atoms with Crippen LogP contribution in [0.5, 0.6) is 0 Å². The SMILES string of the molecule is N#CCC=Cc1cccc(Cl)c1C=O. The van der Waals surface area contributed by atoms with Gasteiger partial charge in [0, 0.05) is 5.56 Å². The molecule has 3 heteroatoms. The van der Waals surface area contributed by atoms with Gasteiger partial charge in [0.2, 0.25) is 0 Å². The number of nitrogens with zero attached hydrogens (tertiary/aromatic N) is 1. The molecule has 70 valence electrons. The van der Waals surface area contributed by atoms with Crippen molar-refractivity contribution in [3.05, 3.63) is 40.4 Å². The first-order valence-electron chi connectivity index (χ1n) is 4.06. The van der Waals surface area contributed by atoms with Crippen LogP contribution in [0.3, 0.4) is 0 Å². The molecule has 0 atom stereocenters. The van der Waals surface area contributed by atoms with E-state index in [1.165, 1.54) is 0 Å². The maximum Gasteiger partial charge on any atom is 0.152 e. The Morgan fingerprint density at radius 3 is 2.93 bits per heavy atom. The molecule has 0 aliphatic carbocycles. The molecule has 2 nitrogen and oxygen atoms in total. The standard InChI is InChI=1S/C11H8ClNO/c12-11-6-3-5-9(10(11)8-14)4-1-2-7-13/h1,3-6,8H,2H2. The van der Waals surface area contributed by atoms with E-state index in [0.717, 1.165) is 5.56 Å². The van der Waals surface area contributed by atoms with Gasteiger partial charge in [0.05, 0.1) is 17.5 Å². The van der Waals surface area contributed by atoms with E-state index in [0.29, 0.717) is 23.3 Å². The first-order valence-corrected chi connectivity index (χ1v) is 4.44. The largest absolute Gasteiger partial charge is 0.298 e. The Bertz CT molecular complexity index is 404. The van der Waals surface area contributed by atoms with Crippen molar-refractivity contribution in [3.8, 4) is 6.07 Å². The van der Waals surface area contributed by atoms with E-state index >= 15 is 0 Å². The summed E-state index contributed by atoms with van der Waals surface area (Å²) >= 11 is 5.81. The van der Waals surface area contributed by atoms with Gasteiger partial charge in [-0.05, 0) is 11.6 Å². The molecule has 14 heavy (non-hydrogen) atoms. The third kappa shape index (κ3) is 2.45. The monoisotopic (exact) mass is 205 g/mol. The number of benzene rings is 1. The number of hydrogen-bond acceptors (Lipinski definition) is 2. The summed E-state index contributed by atoms with van der Waals surface area (Å²) in [6, 6.07) is 7.19. The maximum atomic E-state index is 10.7. The summed E-state index contributed by atoms with van der Waals surface area (Å²) in [6.07, 6.45) is 4.46. The second-order valence-corrected chi connectivity index (χ2v) is 3.03. The molecular formula is C11H8ClNO. The lowest BCUT2D eigenvalue weighted by molar-refractivity contribution is 0.112. The number of carbonyl (C=O) groups excluding carboxylic acids is 1. The van der Waals surface area contributed by atoms with E-state index in [1.807, 2.05) is 6.07 Å². The van der Waals surface area contributed by atoms with Gasteiger partial charge in [-0.2, -0.15) is 5.26 Å². The summed E-state index contributed by atoms with van der Waals surface area (Å²) in [7, 11) is 0. The van der Waals surface area contributed by atoms with Crippen LogP contribution < -0.4 is 0 Å². The lowest BCUT2D eigenvalue weighted by atomic mass is 10.1. The smallest absolute Gasteiger partial charge is 0.152 e. The number of nitriles is 1. The molecular weight excluding hydrogens is 198 g/mol. The van der Waals surface area contributed by atoms with E-state index in [-0.39, 0.29) is 0 Å². The van der Waals surface area contributed by atoms with Crippen LogP contribution in [-0.4, -0.2) is 6.29 Å². The number of halogens is 1. The van der Waals surface area contributed by atoms with Crippen LogP contribution in [0.25, 0.3) is 6.08 Å². The minimum Gasteiger partial charge on any atom is -0.298 e. The number of carbonyl (C=O) groups is 1. The van der Waals surface area contributed by atoms with E-state index < -0.39 is 0 Å². The molecule has 0 fully saturated rings. The van der Waals surface area contributed by atoms with Gasteiger partial charge in [-0.15, -0.1) is 0 Å². The van der Waals surface area contributed by atoms with Gasteiger partial charge >= 0.3 is 0 Å². The fourth-order valence-corrected chi connectivity index (χ4v) is 1.29. The Balaban J connectivity index is 3.03. The lowest BCUT2D eigenvalue weighted by Crippen LogP contribution is -1.86. The highest BCUT2D eigenvalue weighted by Gasteiger charge is 2.01. The highest BCUT2D eigenvalue weighted by Crippen LogP contribution is 2.19. The molecule has 0 N–H and O–H groups in total. The van der Waals surface area contributed by atoms with Gasteiger partial charge in [-0.25, -0.2) is 0 Å². The Hall–Kier alpha value is -1.59. The molecule has 0 bridgehead atoms. The van der Waals surface area contributed by atoms with Gasteiger partial charge in [-0.1, -0.05) is 35.9 Å². The molecule has 0 saturated carbocycles. The third-order valence-electron chi connectivity index (χ3n) is 1.71. The lowest BCUT2D eigenvalue weighted by Gasteiger charge is -1.99. The van der Waals surface area contributed by atoms with Crippen molar-refractivity contribution < 1.29 is 4.79 Å². The van der Waals surface area contributed by atoms with Gasteiger partial charge in [0.1, 0.15) is 0 Å². The van der Waals surface area contributed by atoms with Crippen molar-refractivity contribution in [1.82, 2.24) is 0 Å². The number of rotatable bonds is 3. The van der Waals surface area contributed by atoms with E-state index in [2.05, 4.69) is 0 Å². The van der Waals surface area contributed by atoms with Crippen molar-refractivity contribution in [2.45, 2.75) is 6.42 Å². The first kappa shape index (κ1) is 10.5. The summed E-state index contributed by atoms with van der Waals surface area (Å²) in [6.45, 7) is 0. The predicted molar refractivity (Wildman–Crippen MR) is 56.1 cm³/mol. The van der Waals surface area contributed by atoms with Crippen molar-refractivity contribution in [1.29, 1.82) is 5.26 Å². The molecule has 0 heterocycles. The second kappa shape index (κ2) is 5.21. The fourth-order valence-electron chi connectivity index (χ4n) is 1.06. The summed E-state index contributed by atoms with van der Waals surface area (Å²) in [5.41, 5.74) is 1.20. The molecule has 0 spiro atoms. The summed E-state index contributed by atoms with van der Waals surface area (Å²) in [5, 5.41) is 8.76. The Kier molecular flexibility index (Phi) is 3.90. The van der Waals surface area contributed by atoms with E-state index in [4.69, 9.17) is 16.9 Å². The van der Waals surface area contributed by atoms with Crippen LogP contribution >= 0.6 is 11.6 Å². The van der Waals surface area contributed by atoms with Crippen LogP contribution in [0.1, 0.15) is 22.3 Å². The van der Waals surface area contributed by atoms with Crippen LogP contribution in [0.4, 0.5) is 0 Å². The molecule has 0 unspecified atom stereocenters. The Labute approximate surface area is 87.4 Å². The minimum absolute atomic E-state index is 0.324. The molecule has 0 aliphatic rings. The predicted octanol–water partition coefficient (Wildman–Crippen LogP) is 3.08.